The lowest BCUT2D eigenvalue weighted by Gasteiger charge is -2.26. The van der Waals surface area contributed by atoms with E-state index in [1.165, 1.54) is 11.3 Å². The number of aliphatic carboxylic acids is 1. The van der Waals surface area contributed by atoms with E-state index in [1.54, 1.807) is 17.6 Å². The Morgan fingerprint density at radius 3 is 2.59 bits per heavy atom. The zero-order valence-electron chi connectivity index (χ0n) is 15.6. The van der Waals surface area contributed by atoms with Crippen LogP contribution in [-0.4, -0.2) is 44.7 Å². The molecule has 2 aromatic carbocycles. The van der Waals surface area contributed by atoms with Crippen LogP contribution in [0.25, 0.3) is 10.9 Å². The molecule has 1 aromatic heterocycles. The predicted octanol–water partition coefficient (Wildman–Crippen LogP) is 3.01. The summed E-state index contributed by atoms with van der Waals surface area (Å²) in [6.45, 7) is 1.99. The summed E-state index contributed by atoms with van der Waals surface area (Å²) in [5.74, 6) is -1.35. The molecular formula is C21H20BrN3O4. The van der Waals surface area contributed by atoms with Crippen molar-refractivity contribution < 1.29 is 19.9 Å². The van der Waals surface area contributed by atoms with Gasteiger partial charge in [0, 0.05) is 52.7 Å². The predicted molar refractivity (Wildman–Crippen MR) is 111 cm³/mol. The van der Waals surface area contributed by atoms with Crippen LogP contribution in [-0.2, 0) is 24.3 Å². The second-order valence-electron chi connectivity index (χ2n) is 7.17. The van der Waals surface area contributed by atoms with Gasteiger partial charge in [0.15, 0.2) is 0 Å². The molecule has 4 rings (SSSR count). The number of amides is 1. The molecule has 3 N–H and O–H groups in total. The van der Waals surface area contributed by atoms with Crippen LogP contribution in [0, 0.1) is 0 Å². The molecule has 0 radical (unpaired) electrons. The van der Waals surface area contributed by atoms with Crippen LogP contribution in [0.5, 0.6) is 0 Å². The molecule has 0 aliphatic carbocycles. The van der Waals surface area contributed by atoms with Crippen molar-refractivity contribution in [3.63, 3.8) is 0 Å². The van der Waals surface area contributed by atoms with Gasteiger partial charge in [-0.25, -0.2) is 5.48 Å². The standard InChI is InChI=1S/C21H20BrN3O4/c22-15-5-6-18-16(9-15)17-11-24(12-20(26)27)8-7-19(17)25(18)10-13-1-3-14(4-2-13)21(28)23-29/h1-6,9,29H,7-8,10-12H2,(H,23,28)(H,26,27). The number of rotatable bonds is 5. The van der Waals surface area contributed by atoms with Crippen LogP contribution in [0.3, 0.4) is 0 Å². The number of hydrogen-bond donors (Lipinski definition) is 3. The van der Waals surface area contributed by atoms with Crippen molar-refractivity contribution in [2.45, 2.75) is 19.5 Å². The number of carboxylic acid groups (broad SMARTS) is 1. The van der Waals surface area contributed by atoms with E-state index in [4.69, 9.17) is 10.3 Å². The van der Waals surface area contributed by atoms with Gasteiger partial charge < -0.3 is 9.67 Å². The number of carboxylic acids is 1. The van der Waals surface area contributed by atoms with Crippen molar-refractivity contribution in [2.75, 3.05) is 13.1 Å². The Morgan fingerprint density at radius 2 is 1.90 bits per heavy atom. The normalized spacial score (nSPS) is 14.0. The van der Waals surface area contributed by atoms with Crippen molar-refractivity contribution in [3.8, 4) is 0 Å². The molecule has 1 aliphatic rings. The number of fused-ring (bicyclic) bond motifs is 3. The van der Waals surface area contributed by atoms with Crippen LogP contribution >= 0.6 is 15.9 Å². The van der Waals surface area contributed by atoms with Gasteiger partial charge in [0.1, 0.15) is 0 Å². The lowest BCUT2D eigenvalue weighted by Crippen LogP contribution is -2.35. The molecule has 1 aliphatic heterocycles. The minimum Gasteiger partial charge on any atom is -0.480 e. The molecule has 0 spiro atoms. The van der Waals surface area contributed by atoms with Gasteiger partial charge in [-0.1, -0.05) is 28.1 Å². The largest absolute Gasteiger partial charge is 0.480 e. The van der Waals surface area contributed by atoms with E-state index in [9.17, 15) is 9.59 Å². The number of hydrogen-bond acceptors (Lipinski definition) is 4. The number of halogens is 1. The van der Waals surface area contributed by atoms with Gasteiger partial charge >= 0.3 is 5.97 Å². The highest BCUT2D eigenvalue weighted by atomic mass is 79.9. The molecule has 0 saturated carbocycles. The Hall–Kier alpha value is -2.68. The summed E-state index contributed by atoms with van der Waals surface area (Å²) in [7, 11) is 0. The second kappa shape index (κ2) is 7.98. The van der Waals surface area contributed by atoms with E-state index in [2.05, 4.69) is 32.6 Å². The molecule has 1 amide bonds. The molecule has 29 heavy (non-hydrogen) atoms. The summed E-state index contributed by atoms with van der Waals surface area (Å²) in [6, 6.07) is 13.3. The van der Waals surface area contributed by atoms with Crippen LogP contribution in [0.15, 0.2) is 46.9 Å². The van der Waals surface area contributed by atoms with Crippen molar-refractivity contribution in [1.29, 1.82) is 0 Å². The first-order valence-electron chi connectivity index (χ1n) is 9.23. The number of nitrogens with zero attached hydrogens (tertiary/aromatic N) is 2. The highest BCUT2D eigenvalue weighted by molar-refractivity contribution is 9.10. The van der Waals surface area contributed by atoms with Gasteiger partial charge in [0.25, 0.3) is 5.91 Å². The summed E-state index contributed by atoms with van der Waals surface area (Å²) in [6.07, 6.45) is 0.778. The van der Waals surface area contributed by atoms with E-state index < -0.39 is 11.9 Å². The Labute approximate surface area is 175 Å². The molecule has 150 valence electrons. The van der Waals surface area contributed by atoms with Crippen LogP contribution in [0.4, 0.5) is 0 Å². The van der Waals surface area contributed by atoms with Gasteiger partial charge in [-0.05, 0) is 41.5 Å². The second-order valence-corrected chi connectivity index (χ2v) is 8.08. The number of nitrogens with one attached hydrogen (secondary N) is 1. The smallest absolute Gasteiger partial charge is 0.317 e. The van der Waals surface area contributed by atoms with Crippen molar-refractivity contribution >= 4 is 38.7 Å². The molecule has 7 nitrogen and oxygen atoms in total. The molecule has 0 unspecified atom stereocenters. The van der Waals surface area contributed by atoms with Crippen LogP contribution in [0.2, 0.25) is 0 Å². The van der Waals surface area contributed by atoms with Gasteiger partial charge in [-0.2, -0.15) is 0 Å². The third-order valence-electron chi connectivity index (χ3n) is 5.31. The molecule has 0 fully saturated rings. The third kappa shape index (κ3) is 3.91. The van der Waals surface area contributed by atoms with E-state index in [0.717, 1.165) is 27.4 Å². The quantitative estimate of drug-likeness (QED) is 0.404. The Kier molecular flexibility index (Phi) is 5.40. The minimum absolute atomic E-state index is 0.0362. The summed E-state index contributed by atoms with van der Waals surface area (Å²) >= 11 is 3.54. The molecule has 2 heterocycles. The molecule has 0 bridgehead atoms. The van der Waals surface area contributed by atoms with Crippen LogP contribution in [0.1, 0.15) is 27.2 Å². The molecule has 0 saturated heterocycles. The summed E-state index contributed by atoms with van der Waals surface area (Å²) in [4.78, 5) is 24.6. The zero-order chi connectivity index (χ0) is 20.5. The SMILES string of the molecule is O=C(O)CN1CCc2c(c3cc(Br)ccc3n2Cc2ccc(C(=O)NO)cc2)C1. The molecule has 0 atom stereocenters. The van der Waals surface area contributed by atoms with Gasteiger partial charge in [0.2, 0.25) is 0 Å². The number of aromatic nitrogens is 1. The fourth-order valence-electron chi connectivity index (χ4n) is 3.99. The fourth-order valence-corrected chi connectivity index (χ4v) is 4.35. The average molecular weight is 458 g/mol. The number of hydroxylamine groups is 1. The highest BCUT2D eigenvalue weighted by Crippen LogP contribution is 2.33. The van der Waals surface area contributed by atoms with E-state index >= 15 is 0 Å². The lowest BCUT2D eigenvalue weighted by molar-refractivity contribution is -0.138. The van der Waals surface area contributed by atoms with E-state index in [-0.39, 0.29) is 6.54 Å². The van der Waals surface area contributed by atoms with Crippen molar-refractivity contribution in [1.82, 2.24) is 14.9 Å². The van der Waals surface area contributed by atoms with E-state index in [0.29, 0.717) is 25.2 Å². The van der Waals surface area contributed by atoms with E-state index in [1.807, 2.05) is 23.1 Å². The maximum absolute atomic E-state index is 11.5. The summed E-state index contributed by atoms with van der Waals surface area (Å²) in [5.41, 5.74) is 6.56. The zero-order valence-corrected chi connectivity index (χ0v) is 17.1. The van der Waals surface area contributed by atoms with Crippen molar-refractivity contribution in [2.24, 2.45) is 0 Å². The fraction of sp³-hybridized carbons (Fsp3) is 0.238. The first-order chi connectivity index (χ1) is 14.0. The Balaban J connectivity index is 1.72. The number of benzene rings is 2. The Morgan fingerprint density at radius 1 is 1.14 bits per heavy atom. The maximum atomic E-state index is 11.5. The average Bonchev–Trinajstić information content (AvgIpc) is 3.00. The first-order valence-corrected chi connectivity index (χ1v) is 10.0. The topological polar surface area (TPSA) is 94.8 Å². The van der Waals surface area contributed by atoms with Gasteiger partial charge in [-0.15, -0.1) is 0 Å². The lowest BCUT2D eigenvalue weighted by atomic mass is 10.0. The molecule has 3 aromatic rings. The minimum atomic E-state index is -0.814. The van der Waals surface area contributed by atoms with Gasteiger partial charge in [-0.3, -0.25) is 19.7 Å². The van der Waals surface area contributed by atoms with Gasteiger partial charge in [0.05, 0.1) is 6.54 Å². The maximum Gasteiger partial charge on any atom is 0.317 e. The Bertz CT molecular complexity index is 1090. The highest BCUT2D eigenvalue weighted by Gasteiger charge is 2.25. The number of carbonyl (C=O) groups excluding carboxylic acids is 1. The molecule has 8 heteroatoms. The summed E-state index contributed by atoms with van der Waals surface area (Å²) < 4.78 is 3.26. The monoisotopic (exact) mass is 457 g/mol. The van der Waals surface area contributed by atoms with Crippen molar-refractivity contribution in [3.05, 3.63) is 69.3 Å². The third-order valence-corrected chi connectivity index (χ3v) is 5.81. The summed E-state index contributed by atoms with van der Waals surface area (Å²) in [5, 5.41) is 19.0. The number of carbonyl (C=O) groups is 2. The first kappa shape index (κ1) is 19.6. The van der Waals surface area contributed by atoms with Crippen LogP contribution < -0.4 is 5.48 Å². The molecular weight excluding hydrogens is 438 g/mol.